The Balaban J connectivity index is 1.65. The molecule has 3 N–H and O–H groups in total. The molecule has 3 unspecified atom stereocenters. The average Bonchev–Trinajstić information content (AvgIpc) is 2.92. The predicted molar refractivity (Wildman–Crippen MR) is 58.1 cm³/mol. The van der Waals surface area contributed by atoms with Gasteiger partial charge in [-0.3, -0.25) is 4.79 Å². The number of nitrogens with one attached hydrogen (secondary N) is 1. The van der Waals surface area contributed by atoms with Gasteiger partial charge in [-0.1, -0.05) is 11.3 Å². The summed E-state index contributed by atoms with van der Waals surface area (Å²) in [6.45, 7) is 0. The number of anilines is 1. The van der Waals surface area contributed by atoms with Crippen molar-refractivity contribution in [1.29, 1.82) is 0 Å². The molecule has 0 aromatic carbocycles. The molecule has 0 aliphatic carbocycles. The molecule has 2 bridgehead atoms. The number of hydrogen-bond donors (Lipinski definition) is 2. The first-order chi connectivity index (χ1) is 7.72. The molecule has 3 heterocycles. The van der Waals surface area contributed by atoms with Crippen LogP contribution in [-0.2, 0) is 4.74 Å². The molecule has 16 heavy (non-hydrogen) atoms. The van der Waals surface area contributed by atoms with Gasteiger partial charge in [-0.05, 0) is 19.3 Å². The van der Waals surface area contributed by atoms with E-state index < -0.39 is 0 Å². The van der Waals surface area contributed by atoms with E-state index in [1.54, 1.807) is 0 Å². The number of ether oxygens (including phenoxy) is 1. The quantitative estimate of drug-likeness (QED) is 0.769. The molecule has 1 aromatic rings. The minimum Gasteiger partial charge on any atom is -0.374 e. The van der Waals surface area contributed by atoms with Crippen LogP contribution in [0.3, 0.4) is 0 Å². The first kappa shape index (κ1) is 9.98. The van der Waals surface area contributed by atoms with Gasteiger partial charge in [-0.15, -0.1) is 10.2 Å². The smallest absolute Gasteiger partial charge is 0.282 e. The normalized spacial score (nSPS) is 31.9. The van der Waals surface area contributed by atoms with Crippen molar-refractivity contribution in [2.75, 3.05) is 5.73 Å². The fraction of sp³-hybridized carbons (Fsp3) is 0.667. The Labute approximate surface area is 96.2 Å². The molecule has 2 saturated heterocycles. The van der Waals surface area contributed by atoms with E-state index in [0.29, 0.717) is 16.2 Å². The van der Waals surface area contributed by atoms with Gasteiger partial charge in [0.2, 0.25) is 10.1 Å². The van der Waals surface area contributed by atoms with Crippen LogP contribution in [0, 0.1) is 0 Å². The molecule has 2 aliphatic heterocycles. The summed E-state index contributed by atoms with van der Waals surface area (Å²) >= 11 is 1.10. The van der Waals surface area contributed by atoms with Crippen LogP contribution in [0.15, 0.2) is 0 Å². The van der Waals surface area contributed by atoms with Gasteiger partial charge in [0.1, 0.15) is 0 Å². The molecule has 6 nitrogen and oxygen atoms in total. The molecule has 1 aromatic heterocycles. The Morgan fingerprint density at radius 2 is 2.38 bits per heavy atom. The number of nitrogens with zero attached hydrogens (tertiary/aromatic N) is 2. The van der Waals surface area contributed by atoms with E-state index in [1.807, 2.05) is 0 Å². The van der Waals surface area contributed by atoms with Crippen LogP contribution < -0.4 is 11.1 Å². The summed E-state index contributed by atoms with van der Waals surface area (Å²) in [5.41, 5.74) is 5.43. The predicted octanol–water partition coefficient (Wildman–Crippen LogP) is 0.170. The number of carbonyl (C=O) groups is 1. The molecule has 1 amide bonds. The SMILES string of the molecule is Nc1nnc(C(=O)NC2CC3CCC2O3)s1. The Hall–Kier alpha value is -1.21. The van der Waals surface area contributed by atoms with E-state index in [9.17, 15) is 4.79 Å². The molecule has 86 valence electrons. The third-order valence-corrected chi connectivity index (χ3v) is 3.81. The summed E-state index contributed by atoms with van der Waals surface area (Å²) in [7, 11) is 0. The molecular weight excluding hydrogens is 228 g/mol. The number of hydrogen-bond acceptors (Lipinski definition) is 6. The Morgan fingerprint density at radius 3 is 2.94 bits per heavy atom. The Bertz CT molecular complexity index is 421. The zero-order valence-corrected chi connectivity index (χ0v) is 9.37. The third kappa shape index (κ3) is 1.65. The highest BCUT2D eigenvalue weighted by Crippen LogP contribution is 2.34. The van der Waals surface area contributed by atoms with E-state index in [0.717, 1.165) is 30.6 Å². The van der Waals surface area contributed by atoms with Crippen LogP contribution in [0.1, 0.15) is 29.1 Å². The highest BCUT2D eigenvalue weighted by atomic mass is 32.1. The first-order valence-corrected chi connectivity index (χ1v) is 6.09. The highest BCUT2D eigenvalue weighted by molar-refractivity contribution is 7.16. The summed E-state index contributed by atoms with van der Waals surface area (Å²) in [6, 6.07) is 0.122. The molecule has 3 rings (SSSR count). The largest absolute Gasteiger partial charge is 0.374 e. The summed E-state index contributed by atoms with van der Waals surface area (Å²) in [5.74, 6) is -0.199. The van der Waals surface area contributed by atoms with Crippen LogP contribution in [0.5, 0.6) is 0 Å². The fourth-order valence-corrected chi connectivity index (χ4v) is 2.86. The minimum absolute atomic E-state index is 0.122. The average molecular weight is 240 g/mol. The molecule has 3 atom stereocenters. The maximum Gasteiger partial charge on any atom is 0.282 e. The van der Waals surface area contributed by atoms with Gasteiger partial charge < -0.3 is 15.8 Å². The maximum atomic E-state index is 11.8. The van der Waals surface area contributed by atoms with Crippen molar-refractivity contribution in [3.05, 3.63) is 5.01 Å². The second-order valence-electron chi connectivity index (χ2n) is 4.14. The summed E-state index contributed by atoms with van der Waals surface area (Å²) in [6.07, 6.45) is 3.57. The van der Waals surface area contributed by atoms with Crippen molar-refractivity contribution in [1.82, 2.24) is 15.5 Å². The van der Waals surface area contributed by atoms with Crippen LogP contribution in [0.4, 0.5) is 5.13 Å². The topological polar surface area (TPSA) is 90.1 Å². The number of fused-ring (bicyclic) bond motifs is 2. The van der Waals surface area contributed by atoms with Gasteiger partial charge in [0.15, 0.2) is 0 Å². The first-order valence-electron chi connectivity index (χ1n) is 5.27. The number of carbonyl (C=O) groups excluding carboxylic acids is 1. The van der Waals surface area contributed by atoms with Gasteiger partial charge in [0.05, 0.1) is 18.2 Å². The Morgan fingerprint density at radius 1 is 1.50 bits per heavy atom. The maximum absolute atomic E-state index is 11.8. The van der Waals surface area contributed by atoms with E-state index in [-0.39, 0.29) is 18.1 Å². The number of nitrogen functional groups attached to an aromatic ring is 1. The standard InChI is InChI=1S/C9H12N4O2S/c10-9-13-12-8(16-9)7(14)11-5-3-4-1-2-6(5)15-4/h4-6H,1-3H2,(H2,10,13)(H,11,14). The van der Waals surface area contributed by atoms with Gasteiger partial charge in [0.25, 0.3) is 5.91 Å². The summed E-state index contributed by atoms with van der Waals surface area (Å²) in [4.78, 5) is 11.8. The summed E-state index contributed by atoms with van der Waals surface area (Å²) < 4.78 is 5.65. The van der Waals surface area contributed by atoms with Crippen LogP contribution >= 0.6 is 11.3 Å². The van der Waals surface area contributed by atoms with Crippen LogP contribution in [-0.4, -0.2) is 34.4 Å². The number of nitrogens with two attached hydrogens (primary N) is 1. The van der Waals surface area contributed by atoms with Gasteiger partial charge in [-0.2, -0.15) is 0 Å². The lowest BCUT2D eigenvalue weighted by Crippen LogP contribution is -2.41. The highest BCUT2D eigenvalue weighted by Gasteiger charge is 2.41. The van der Waals surface area contributed by atoms with Gasteiger partial charge >= 0.3 is 0 Å². The zero-order chi connectivity index (χ0) is 11.1. The third-order valence-electron chi connectivity index (χ3n) is 3.06. The summed E-state index contributed by atoms with van der Waals surface area (Å²) in [5, 5.41) is 10.9. The fourth-order valence-electron chi connectivity index (χ4n) is 2.35. The van der Waals surface area contributed by atoms with Gasteiger partial charge in [0, 0.05) is 0 Å². The molecule has 2 fully saturated rings. The lowest BCUT2D eigenvalue weighted by Gasteiger charge is -2.18. The molecule has 0 saturated carbocycles. The number of amides is 1. The number of rotatable bonds is 2. The second-order valence-corrected chi connectivity index (χ2v) is 5.14. The minimum atomic E-state index is -0.199. The lowest BCUT2D eigenvalue weighted by molar-refractivity contribution is 0.0840. The lowest BCUT2D eigenvalue weighted by atomic mass is 9.95. The van der Waals surface area contributed by atoms with E-state index in [4.69, 9.17) is 10.5 Å². The van der Waals surface area contributed by atoms with Crippen molar-refractivity contribution in [3.8, 4) is 0 Å². The van der Waals surface area contributed by atoms with Crippen LogP contribution in [0.25, 0.3) is 0 Å². The number of aromatic nitrogens is 2. The molecular formula is C9H12N4O2S. The van der Waals surface area contributed by atoms with Crippen molar-refractivity contribution in [2.45, 2.75) is 37.5 Å². The van der Waals surface area contributed by atoms with E-state index in [2.05, 4.69) is 15.5 Å². The second kappa shape index (κ2) is 3.67. The van der Waals surface area contributed by atoms with Crippen molar-refractivity contribution in [3.63, 3.8) is 0 Å². The molecule has 2 aliphatic rings. The van der Waals surface area contributed by atoms with Crippen LogP contribution in [0.2, 0.25) is 0 Å². The van der Waals surface area contributed by atoms with Crippen molar-refractivity contribution in [2.24, 2.45) is 0 Å². The monoisotopic (exact) mass is 240 g/mol. The zero-order valence-electron chi connectivity index (χ0n) is 8.55. The molecule has 0 spiro atoms. The van der Waals surface area contributed by atoms with E-state index in [1.165, 1.54) is 0 Å². The van der Waals surface area contributed by atoms with E-state index >= 15 is 0 Å². The van der Waals surface area contributed by atoms with Crippen molar-refractivity contribution < 1.29 is 9.53 Å². The Kier molecular flexibility index (Phi) is 2.29. The van der Waals surface area contributed by atoms with Crippen molar-refractivity contribution >= 4 is 22.4 Å². The molecule has 0 radical (unpaired) electrons. The van der Waals surface area contributed by atoms with Gasteiger partial charge in [-0.25, -0.2) is 0 Å². The molecule has 7 heteroatoms.